The molecule has 0 saturated heterocycles. The van der Waals surface area contributed by atoms with Crippen molar-refractivity contribution in [2.45, 2.75) is 38.8 Å². The highest BCUT2D eigenvalue weighted by molar-refractivity contribution is 7.10. The molecule has 0 spiro atoms. The fourth-order valence-electron chi connectivity index (χ4n) is 1.96. The summed E-state index contributed by atoms with van der Waals surface area (Å²) in [6, 6.07) is 2.12. The number of hydrogen-bond acceptors (Lipinski definition) is 3. The van der Waals surface area contributed by atoms with E-state index in [4.69, 9.17) is 5.73 Å². The van der Waals surface area contributed by atoms with Gasteiger partial charge < -0.3 is 10.6 Å². The highest BCUT2D eigenvalue weighted by atomic mass is 32.1. The second kappa shape index (κ2) is 4.18. The number of nitrogens with two attached hydrogens (primary N) is 1. The molecule has 1 aliphatic heterocycles. The van der Waals surface area contributed by atoms with Crippen LogP contribution in [0.5, 0.6) is 0 Å². The average molecular weight is 238 g/mol. The third-order valence-corrected chi connectivity index (χ3v) is 3.79. The van der Waals surface area contributed by atoms with Crippen LogP contribution in [-0.2, 0) is 17.8 Å². The zero-order chi connectivity index (χ0) is 11.8. The minimum atomic E-state index is -0.411. The minimum absolute atomic E-state index is 0.171. The second-order valence-electron chi connectivity index (χ2n) is 5.10. The van der Waals surface area contributed by atoms with Gasteiger partial charge in [0.15, 0.2) is 0 Å². The van der Waals surface area contributed by atoms with Crippen molar-refractivity contribution in [2.75, 3.05) is 6.54 Å². The molecule has 16 heavy (non-hydrogen) atoms. The van der Waals surface area contributed by atoms with Crippen LogP contribution in [0.4, 0.5) is 0 Å². The van der Waals surface area contributed by atoms with E-state index in [1.807, 2.05) is 18.7 Å². The lowest BCUT2D eigenvalue weighted by Gasteiger charge is -2.29. The molecule has 3 nitrogen and oxygen atoms in total. The van der Waals surface area contributed by atoms with Crippen LogP contribution in [0.3, 0.4) is 0 Å². The number of thiophene rings is 1. The summed E-state index contributed by atoms with van der Waals surface area (Å²) < 4.78 is 0. The van der Waals surface area contributed by atoms with Gasteiger partial charge in [0, 0.05) is 29.9 Å². The Labute approximate surface area is 100 Å². The Bertz CT molecular complexity index is 392. The third kappa shape index (κ3) is 2.62. The Kier molecular flexibility index (Phi) is 3.04. The van der Waals surface area contributed by atoms with E-state index >= 15 is 0 Å². The Morgan fingerprint density at radius 2 is 2.38 bits per heavy atom. The van der Waals surface area contributed by atoms with Gasteiger partial charge in [0.1, 0.15) is 0 Å². The first kappa shape index (κ1) is 11.6. The zero-order valence-corrected chi connectivity index (χ0v) is 10.6. The lowest BCUT2D eigenvalue weighted by molar-refractivity contribution is -0.133. The van der Waals surface area contributed by atoms with Gasteiger partial charge >= 0.3 is 0 Å². The van der Waals surface area contributed by atoms with Crippen molar-refractivity contribution in [3.63, 3.8) is 0 Å². The predicted octanol–water partition coefficient (Wildman–Crippen LogP) is 1.76. The Morgan fingerprint density at radius 1 is 1.62 bits per heavy atom. The molecule has 0 saturated carbocycles. The molecule has 2 rings (SSSR count). The number of rotatable bonds is 2. The third-order valence-electron chi connectivity index (χ3n) is 2.77. The maximum absolute atomic E-state index is 12.0. The Morgan fingerprint density at radius 3 is 3.06 bits per heavy atom. The van der Waals surface area contributed by atoms with Crippen LogP contribution >= 0.6 is 11.3 Å². The smallest absolute Gasteiger partial charge is 0.224 e. The molecule has 1 aromatic rings. The van der Waals surface area contributed by atoms with E-state index in [9.17, 15) is 4.79 Å². The topological polar surface area (TPSA) is 46.3 Å². The van der Waals surface area contributed by atoms with Crippen molar-refractivity contribution in [2.24, 2.45) is 5.73 Å². The van der Waals surface area contributed by atoms with E-state index in [0.717, 1.165) is 19.5 Å². The first-order chi connectivity index (χ1) is 7.46. The molecule has 0 aromatic carbocycles. The lowest BCUT2D eigenvalue weighted by Crippen LogP contribution is -2.42. The van der Waals surface area contributed by atoms with Crippen LogP contribution in [0.15, 0.2) is 11.4 Å². The van der Waals surface area contributed by atoms with Crippen molar-refractivity contribution < 1.29 is 4.79 Å². The molecular weight excluding hydrogens is 220 g/mol. The molecule has 0 atom stereocenters. The average Bonchev–Trinajstić information content (AvgIpc) is 2.61. The second-order valence-corrected chi connectivity index (χ2v) is 6.10. The number of carbonyl (C=O) groups is 1. The van der Waals surface area contributed by atoms with Gasteiger partial charge in [0.05, 0.1) is 0 Å². The highest BCUT2D eigenvalue weighted by Gasteiger charge is 2.25. The van der Waals surface area contributed by atoms with Crippen molar-refractivity contribution in [1.82, 2.24) is 4.90 Å². The van der Waals surface area contributed by atoms with Gasteiger partial charge in [-0.1, -0.05) is 0 Å². The van der Waals surface area contributed by atoms with E-state index in [-0.39, 0.29) is 5.91 Å². The maximum atomic E-state index is 12.0. The van der Waals surface area contributed by atoms with Gasteiger partial charge in [-0.25, -0.2) is 0 Å². The van der Waals surface area contributed by atoms with Gasteiger partial charge in [0.2, 0.25) is 5.91 Å². The molecule has 2 heterocycles. The van der Waals surface area contributed by atoms with Gasteiger partial charge in [-0.2, -0.15) is 0 Å². The van der Waals surface area contributed by atoms with E-state index in [1.165, 1.54) is 10.4 Å². The zero-order valence-electron chi connectivity index (χ0n) is 9.82. The summed E-state index contributed by atoms with van der Waals surface area (Å²) in [5, 5.41) is 2.10. The normalized spacial score (nSPS) is 16.1. The fraction of sp³-hybridized carbons (Fsp3) is 0.583. The van der Waals surface area contributed by atoms with Crippen molar-refractivity contribution >= 4 is 17.2 Å². The van der Waals surface area contributed by atoms with Crippen LogP contribution in [0.25, 0.3) is 0 Å². The molecule has 1 amide bonds. The molecule has 0 unspecified atom stereocenters. The van der Waals surface area contributed by atoms with Crippen LogP contribution in [0.1, 0.15) is 30.7 Å². The first-order valence-electron chi connectivity index (χ1n) is 5.57. The molecule has 88 valence electrons. The van der Waals surface area contributed by atoms with Crippen molar-refractivity contribution in [1.29, 1.82) is 0 Å². The number of nitrogens with zero attached hydrogens (tertiary/aromatic N) is 1. The van der Waals surface area contributed by atoms with E-state index in [2.05, 4.69) is 11.4 Å². The summed E-state index contributed by atoms with van der Waals surface area (Å²) in [6.07, 6.45) is 1.41. The van der Waals surface area contributed by atoms with Gasteiger partial charge in [-0.3, -0.25) is 4.79 Å². The summed E-state index contributed by atoms with van der Waals surface area (Å²) >= 11 is 1.79. The summed E-state index contributed by atoms with van der Waals surface area (Å²) in [6.45, 7) is 5.38. The minimum Gasteiger partial charge on any atom is -0.338 e. The molecule has 4 heteroatoms. The Balaban J connectivity index is 2.01. The summed E-state index contributed by atoms with van der Waals surface area (Å²) in [4.78, 5) is 15.3. The predicted molar refractivity (Wildman–Crippen MR) is 66.3 cm³/mol. The molecule has 1 aromatic heterocycles. The Hall–Kier alpha value is -0.870. The van der Waals surface area contributed by atoms with Gasteiger partial charge in [-0.05, 0) is 37.3 Å². The standard InChI is InChI=1S/C12H18N2OS/c1-12(2,13)7-11(15)14-5-3-10-9(8-14)4-6-16-10/h4,6H,3,5,7-8,13H2,1-2H3. The van der Waals surface area contributed by atoms with Gasteiger partial charge in [0.25, 0.3) is 0 Å². The van der Waals surface area contributed by atoms with Gasteiger partial charge in [-0.15, -0.1) is 11.3 Å². The summed E-state index contributed by atoms with van der Waals surface area (Å²) in [5.74, 6) is 0.171. The number of amides is 1. The van der Waals surface area contributed by atoms with Crippen molar-refractivity contribution in [3.8, 4) is 0 Å². The first-order valence-corrected chi connectivity index (χ1v) is 6.45. The molecule has 0 radical (unpaired) electrons. The van der Waals surface area contributed by atoms with E-state index < -0.39 is 5.54 Å². The number of hydrogen-bond donors (Lipinski definition) is 1. The molecule has 1 aliphatic rings. The summed E-state index contributed by atoms with van der Waals surface area (Å²) in [7, 11) is 0. The highest BCUT2D eigenvalue weighted by Crippen LogP contribution is 2.24. The maximum Gasteiger partial charge on any atom is 0.224 e. The molecular formula is C12H18N2OS. The van der Waals surface area contributed by atoms with Crippen LogP contribution in [0, 0.1) is 0 Å². The molecule has 2 N–H and O–H groups in total. The monoisotopic (exact) mass is 238 g/mol. The molecule has 0 fully saturated rings. The molecule has 0 bridgehead atoms. The SMILES string of the molecule is CC(C)(N)CC(=O)N1CCc2sccc2C1. The van der Waals surface area contributed by atoms with E-state index in [0.29, 0.717) is 6.42 Å². The number of carbonyl (C=O) groups excluding carboxylic acids is 1. The van der Waals surface area contributed by atoms with Crippen LogP contribution < -0.4 is 5.73 Å². The molecule has 0 aliphatic carbocycles. The van der Waals surface area contributed by atoms with E-state index in [1.54, 1.807) is 11.3 Å². The van der Waals surface area contributed by atoms with Crippen molar-refractivity contribution in [3.05, 3.63) is 21.9 Å². The largest absolute Gasteiger partial charge is 0.338 e. The summed E-state index contributed by atoms with van der Waals surface area (Å²) in [5.41, 5.74) is 6.77. The quantitative estimate of drug-likeness (QED) is 0.853. The van der Waals surface area contributed by atoms with Crippen LogP contribution in [-0.4, -0.2) is 22.9 Å². The number of fused-ring (bicyclic) bond motifs is 1. The van der Waals surface area contributed by atoms with Crippen LogP contribution in [0.2, 0.25) is 0 Å². The fourth-order valence-corrected chi connectivity index (χ4v) is 2.85. The lowest BCUT2D eigenvalue weighted by atomic mass is 10.0.